The largest absolute Gasteiger partial charge is 0.504 e. The van der Waals surface area contributed by atoms with E-state index >= 15 is 0 Å². The Morgan fingerprint density at radius 1 is 0.967 bits per heavy atom. The number of aromatic hydroxyl groups is 1. The molecule has 0 saturated heterocycles. The Kier molecular flexibility index (Phi) is 5.85. The Labute approximate surface area is 181 Å². The molecule has 0 radical (unpaired) electrons. The lowest BCUT2D eigenvalue weighted by atomic mass is 9.89. The summed E-state index contributed by atoms with van der Waals surface area (Å²) >= 11 is 5.99. The van der Waals surface area contributed by atoms with Gasteiger partial charge in [-0.05, 0) is 81.2 Å². The van der Waals surface area contributed by atoms with Gasteiger partial charge in [0.25, 0.3) is 0 Å². The van der Waals surface area contributed by atoms with E-state index in [2.05, 4.69) is 42.0 Å². The molecule has 1 heterocycles. The van der Waals surface area contributed by atoms with Gasteiger partial charge in [-0.3, -0.25) is 4.98 Å². The monoisotopic (exact) mass is 427 g/mol. The fraction of sp³-hybridized carbons (Fsp3) is 0.375. The molecule has 1 aliphatic rings. The van der Waals surface area contributed by atoms with Gasteiger partial charge in [0.15, 0.2) is 11.6 Å². The molecular formula is C24H27ClFN3O. The minimum absolute atomic E-state index is 0.00581. The van der Waals surface area contributed by atoms with Crippen molar-refractivity contribution in [3.05, 3.63) is 53.4 Å². The predicted octanol–water partition coefficient (Wildman–Crippen LogP) is 5.71. The maximum Gasteiger partial charge on any atom is 0.170 e. The summed E-state index contributed by atoms with van der Waals surface area (Å²) in [7, 11) is 6.47. The number of phenolic OH excluding ortho intramolecular Hbond substituents is 1. The third-order valence-electron chi connectivity index (χ3n) is 6.39. The van der Waals surface area contributed by atoms with Gasteiger partial charge in [-0.2, -0.15) is 0 Å². The normalized spacial score (nSPS) is 19.4. The molecule has 4 rings (SSSR count). The number of fused-ring (bicyclic) bond motifs is 1. The predicted molar refractivity (Wildman–Crippen MR) is 122 cm³/mol. The van der Waals surface area contributed by atoms with E-state index in [9.17, 15) is 9.50 Å². The van der Waals surface area contributed by atoms with Crippen molar-refractivity contribution in [3.8, 4) is 16.9 Å². The van der Waals surface area contributed by atoms with E-state index in [1.165, 1.54) is 18.9 Å². The van der Waals surface area contributed by atoms with Crippen LogP contribution in [0.15, 0.2) is 42.6 Å². The molecule has 0 atom stereocenters. The molecule has 0 spiro atoms. The van der Waals surface area contributed by atoms with E-state index in [1.807, 2.05) is 24.4 Å². The van der Waals surface area contributed by atoms with Gasteiger partial charge < -0.3 is 14.9 Å². The molecule has 3 aromatic rings. The Morgan fingerprint density at radius 3 is 2.33 bits per heavy atom. The molecule has 158 valence electrons. The molecule has 1 aliphatic carbocycles. The van der Waals surface area contributed by atoms with Crippen molar-refractivity contribution < 1.29 is 9.50 Å². The lowest BCUT2D eigenvalue weighted by molar-refractivity contribution is 0.215. The van der Waals surface area contributed by atoms with E-state index < -0.39 is 11.6 Å². The summed E-state index contributed by atoms with van der Waals surface area (Å²) in [5.74, 6) is -1.24. The number of nitrogens with zero attached hydrogens (tertiary/aromatic N) is 3. The number of rotatable bonds is 4. The van der Waals surface area contributed by atoms with Crippen LogP contribution in [-0.2, 0) is 0 Å². The summed E-state index contributed by atoms with van der Waals surface area (Å²) in [6.45, 7) is 0. The lowest BCUT2D eigenvalue weighted by Gasteiger charge is -2.38. The van der Waals surface area contributed by atoms with Crippen LogP contribution in [0.4, 0.5) is 10.1 Å². The summed E-state index contributed by atoms with van der Waals surface area (Å²) < 4.78 is 14.0. The number of phenols is 1. The van der Waals surface area contributed by atoms with Crippen LogP contribution < -0.4 is 4.90 Å². The van der Waals surface area contributed by atoms with Gasteiger partial charge >= 0.3 is 0 Å². The second kappa shape index (κ2) is 8.40. The summed E-state index contributed by atoms with van der Waals surface area (Å²) in [4.78, 5) is 9.21. The van der Waals surface area contributed by atoms with Crippen molar-refractivity contribution in [2.24, 2.45) is 0 Å². The van der Waals surface area contributed by atoms with Crippen LogP contribution >= 0.6 is 11.6 Å². The molecule has 4 nitrogen and oxygen atoms in total. The molecule has 0 unspecified atom stereocenters. The zero-order valence-corrected chi connectivity index (χ0v) is 18.3. The van der Waals surface area contributed by atoms with E-state index in [0.717, 1.165) is 35.0 Å². The molecule has 0 amide bonds. The van der Waals surface area contributed by atoms with Crippen LogP contribution in [0.5, 0.6) is 5.75 Å². The van der Waals surface area contributed by atoms with E-state index in [4.69, 9.17) is 11.6 Å². The van der Waals surface area contributed by atoms with Crippen molar-refractivity contribution in [1.82, 2.24) is 9.88 Å². The van der Waals surface area contributed by atoms with Gasteiger partial charge in [-0.25, -0.2) is 4.39 Å². The highest BCUT2D eigenvalue weighted by atomic mass is 35.5. The molecule has 6 heteroatoms. The smallest absolute Gasteiger partial charge is 0.170 e. The Morgan fingerprint density at radius 2 is 1.67 bits per heavy atom. The first-order valence-corrected chi connectivity index (χ1v) is 10.7. The number of benzene rings is 2. The average Bonchev–Trinajstić information content (AvgIpc) is 2.76. The zero-order valence-electron chi connectivity index (χ0n) is 17.6. The van der Waals surface area contributed by atoms with Gasteiger partial charge in [-0.1, -0.05) is 17.7 Å². The molecule has 2 aromatic carbocycles. The number of aromatic nitrogens is 1. The second-order valence-electron chi connectivity index (χ2n) is 8.39. The minimum atomic E-state index is -0.723. The summed E-state index contributed by atoms with van der Waals surface area (Å²) in [6.07, 6.45) is 6.54. The van der Waals surface area contributed by atoms with Gasteiger partial charge in [0.2, 0.25) is 0 Å². The number of anilines is 1. The number of hydrogen-bond acceptors (Lipinski definition) is 4. The fourth-order valence-corrected chi connectivity index (χ4v) is 4.72. The van der Waals surface area contributed by atoms with Crippen LogP contribution in [0.2, 0.25) is 5.02 Å². The molecule has 30 heavy (non-hydrogen) atoms. The van der Waals surface area contributed by atoms with Crippen LogP contribution in [-0.4, -0.2) is 48.2 Å². The van der Waals surface area contributed by atoms with Crippen molar-refractivity contribution in [3.63, 3.8) is 0 Å². The van der Waals surface area contributed by atoms with Crippen LogP contribution in [0, 0.1) is 5.82 Å². The third kappa shape index (κ3) is 3.96. The highest BCUT2D eigenvalue weighted by Gasteiger charge is 2.26. The maximum atomic E-state index is 14.0. The van der Waals surface area contributed by atoms with Crippen molar-refractivity contribution >= 4 is 28.2 Å². The zero-order chi connectivity index (χ0) is 21.4. The summed E-state index contributed by atoms with van der Waals surface area (Å²) in [5.41, 5.74) is 3.49. The van der Waals surface area contributed by atoms with Crippen LogP contribution in [0.25, 0.3) is 22.0 Å². The molecule has 1 saturated carbocycles. The molecule has 0 aliphatic heterocycles. The topological polar surface area (TPSA) is 39.6 Å². The SMILES string of the molecule is CN(C)C1CCC(N(C)c2ccnc3ccc(-c4cc(F)c(O)c(Cl)c4)cc23)CC1. The Bertz CT molecular complexity index is 1040. The van der Waals surface area contributed by atoms with Gasteiger partial charge in [-0.15, -0.1) is 0 Å². The van der Waals surface area contributed by atoms with E-state index in [0.29, 0.717) is 17.6 Å². The molecule has 1 fully saturated rings. The lowest BCUT2D eigenvalue weighted by Crippen LogP contribution is -2.40. The summed E-state index contributed by atoms with van der Waals surface area (Å²) in [5, 5.41) is 10.7. The number of hydrogen-bond donors (Lipinski definition) is 1. The minimum Gasteiger partial charge on any atom is -0.504 e. The van der Waals surface area contributed by atoms with Crippen LogP contribution in [0.1, 0.15) is 25.7 Å². The highest BCUT2D eigenvalue weighted by Crippen LogP contribution is 2.36. The summed E-state index contributed by atoms with van der Waals surface area (Å²) in [6, 6.07) is 12.0. The molecular weight excluding hydrogens is 401 g/mol. The standard InChI is InChI=1S/C24H27ClFN3O/c1-28(2)17-5-7-18(8-6-17)29(3)23-10-11-27-22-9-4-15(12-19(22)23)16-13-20(25)24(30)21(26)14-16/h4,9-14,17-18,30H,5-8H2,1-3H3. The second-order valence-corrected chi connectivity index (χ2v) is 8.79. The average molecular weight is 428 g/mol. The number of pyridine rings is 1. The first-order chi connectivity index (χ1) is 14.3. The van der Waals surface area contributed by atoms with Crippen molar-refractivity contribution in [1.29, 1.82) is 0 Å². The van der Waals surface area contributed by atoms with E-state index in [-0.39, 0.29) is 5.02 Å². The molecule has 1 aromatic heterocycles. The van der Waals surface area contributed by atoms with Gasteiger partial charge in [0.05, 0.1) is 10.5 Å². The van der Waals surface area contributed by atoms with Crippen molar-refractivity contribution in [2.45, 2.75) is 37.8 Å². The van der Waals surface area contributed by atoms with Crippen LogP contribution in [0.3, 0.4) is 0 Å². The third-order valence-corrected chi connectivity index (χ3v) is 6.68. The quantitative estimate of drug-likeness (QED) is 0.579. The fourth-order valence-electron chi connectivity index (χ4n) is 4.51. The van der Waals surface area contributed by atoms with Crippen molar-refractivity contribution in [2.75, 3.05) is 26.0 Å². The molecule has 0 bridgehead atoms. The highest BCUT2D eigenvalue weighted by molar-refractivity contribution is 6.32. The number of halogens is 2. The molecule has 1 N–H and O–H groups in total. The Hall–Kier alpha value is -2.37. The first kappa shape index (κ1) is 20.9. The first-order valence-electron chi connectivity index (χ1n) is 10.3. The van der Waals surface area contributed by atoms with Gasteiger partial charge in [0.1, 0.15) is 0 Å². The maximum absolute atomic E-state index is 14.0. The van der Waals surface area contributed by atoms with Gasteiger partial charge in [0, 0.05) is 36.4 Å². The Balaban J connectivity index is 1.69. The van der Waals surface area contributed by atoms with E-state index in [1.54, 1.807) is 6.07 Å².